The molecule has 0 heterocycles. The van der Waals surface area contributed by atoms with Crippen molar-refractivity contribution in [2.24, 2.45) is 23.2 Å². The van der Waals surface area contributed by atoms with E-state index in [0.717, 1.165) is 25.7 Å². The molecule has 236 valence electrons. The molecule has 3 N–H and O–H groups in total. The highest BCUT2D eigenvalue weighted by Crippen LogP contribution is 2.48. The Morgan fingerprint density at radius 3 is 0.821 bits per heavy atom. The summed E-state index contributed by atoms with van der Waals surface area (Å²) in [7, 11) is 0. The summed E-state index contributed by atoms with van der Waals surface area (Å²) in [6.45, 7) is 33.5. The predicted octanol–water partition coefficient (Wildman–Crippen LogP) is 7.16. The second-order valence-electron chi connectivity index (χ2n) is 16.3. The van der Waals surface area contributed by atoms with Gasteiger partial charge in [-0.05, 0) is 108 Å². The molecule has 0 saturated carbocycles. The van der Waals surface area contributed by atoms with Crippen LogP contribution in [0.25, 0.3) is 0 Å². The third-order valence-electron chi connectivity index (χ3n) is 8.94. The van der Waals surface area contributed by atoms with Gasteiger partial charge >= 0.3 is 0 Å². The largest absolute Gasteiger partial charge is 0.390 e. The average Bonchev–Trinajstić information content (AvgIpc) is 2.71. The van der Waals surface area contributed by atoms with E-state index in [-0.39, 0.29) is 23.2 Å². The van der Waals surface area contributed by atoms with Crippen LogP contribution in [0.2, 0.25) is 0 Å². The van der Waals surface area contributed by atoms with Gasteiger partial charge < -0.3 is 29.5 Å². The lowest BCUT2D eigenvalue weighted by molar-refractivity contribution is -0.143. The van der Waals surface area contributed by atoms with E-state index in [2.05, 4.69) is 48.5 Å². The summed E-state index contributed by atoms with van der Waals surface area (Å²) in [4.78, 5) is 0. The lowest BCUT2D eigenvalue weighted by Gasteiger charge is -2.48. The molecule has 0 aliphatic carbocycles. The van der Waals surface area contributed by atoms with Crippen LogP contribution in [0.4, 0.5) is 0 Å². The van der Waals surface area contributed by atoms with Crippen molar-refractivity contribution in [3.63, 3.8) is 0 Å². The molecule has 3 atom stereocenters. The molecule has 0 aromatic carbocycles. The van der Waals surface area contributed by atoms with E-state index in [4.69, 9.17) is 14.2 Å². The maximum absolute atomic E-state index is 10.4. The van der Waals surface area contributed by atoms with Crippen molar-refractivity contribution >= 4 is 0 Å². The lowest BCUT2D eigenvalue weighted by Crippen LogP contribution is -2.46. The molecule has 0 bridgehead atoms. The van der Waals surface area contributed by atoms with Gasteiger partial charge in [-0.3, -0.25) is 0 Å². The molecule has 3 unspecified atom stereocenters. The van der Waals surface area contributed by atoms with Gasteiger partial charge in [-0.2, -0.15) is 0 Å². The molecule has 0 aliphatic heterocycles. The van der Waals surface area contributed by atoms with Crippen LogP contribution in [0.15, 0.2) is 0 Å². The van der Waals surface area contributed by atoms with Crippen LogP contribution in [0.1, 0.15) is 136 Å². The zero-order valence-corrected chi connectivity index (χ0v) is 28.7. The van der Waals surface area contributed by atoms with E-state index in [1.165, 1.54) is 0 Å². The standard InChI is InChI=1S/C33H68O6/c1-17-33(21-27(5,6)37-18-24(2)30(11,12)34,22-28(7,8)38-19-25(3)31(13,14)35)23-29(9,10)39-20-26(4)32(15,16)36/h24-26,34-36H,17-23H2,1-16H3. The van der Waals surface area contributed by atoms with Gasteiger partial charge in [0.05, 0.1) is 53.4 Å². The molecule has 0 rings (SSSR count). The van der Waals surface area contributed by atoms with Crippen LogP contribution in [0, 0.1) is 23.2 Å². The van der Waals surface area contributed by atoms with Crippen LogP contribution < -0.4 is 0 Å². The number of rotatable bonds is 19. The molecule has 0 saturated heterocycles. The minimum Gasteiger partial charge on any atom is -0.390 e. The SMILES string of the molecule is CCC(CC(C)(C)OCC(C)C(C)(C)O)(CC(C)(C)OCC(C)C(C)(C)O)CC(C)(C)OCC(C)C(C)(C)O. The molecule has 6 nitrogen and oxygen atoms in total. The van der Waals surface area contributed by atoms with Crippen LogP contribution >= 0.6 is 0 Å². The number of hydrogen-bond acceptors (Lipinski definition) is 6. The molecule has 0 radical (unpaired) electrons. The first-order valence-corrected chi connectivity index (χ1v) is 15.2. The highest BCUT2D eigenvalue weighted by Gasteiger charge is 2.45. The average molecular weight is 561 g/mol. The number of hydrogen-bond donors (Lipinski definition) is 3. The monoisotopic (exact) mass is 561 g/mol. The van der Waals surface area contributed by atoms with E-state index in [1.807, 2.05) is 62.3 Å². The molecule has 0 amide bonds. The lowest BCUT2D eigenvalue weighted by atomic mass is 9.65. The molecular formula is C33H68O6. The summed E-state index contributed by atoms with van der Waals surface area (Å²) in [5.41, 5.74) is -3.87. The van der Waals surface area contributed by atoms with Crippen molar-refractivity contribution in [1.29, 1.82) is 0 Å². The number of ether oxygens (including phenoxy) is 3. The summed E-state index contributed by atoms with van der Waals surface area (Å²) < 4.78 is 19.4. The Morgan fingerprint density at radius 1 is 0.462 bits per heavy atom. The summed E-state index contributed by atoms with van der Waals surface area (Å²) >= 11 is 0. The van der Waals surface area contributed by atoms with Crippen molar-refractivity contribution in [3.05, 3.63) is 0 Å². The van der Waals surface area contributed by atoms with Gasteiger partial charge in [0.25, 0.3) is 0 Å². The van der Waals surface area contributed by atoms with Gasteiger partial charge in [0.1, 0.15) is 0 Å². The van der Waals surface area contributed by atoms with Crippen LogP contribution in [-0.2, 0) is 14.2 Å². The normalized spacial score (nSPS) is 18.5. The quantitative estimate of drug-likeness (QED) is 0.155. The molecule has 0 aliphatic rings. The van der Waals surface area contributed by atoms with Crippen LogP contribution in [0.3, 0.4) is 0 Å². The fraction of sp³-hybridized carbons (Fsp3) is 1.00. The summed E-state index contributed by atoms with van der Waals surface area (Å²) in [6.07, 6.45) is 3.33. The Kier molecular flexibility index (Phi) is 13.7. The minimum absolute atomic E-state index is 0.000928. The number of aliphatic hydroxyl groups is 3. The molecule has 0 spiro atoms. The Bertz CT molecular complexity index is 612. The minimum atomic E-state index is -0.808. The van der Waals surface area contributed by atoms with Crippen molar-refractivity contribution in [3.8, 4) is 0 Å². The van der Waals surface area contributed by atoms with Gasteiger partial charge in [0.2, 0.25) is 0 Å². The van der Waals surface area contributed by atoms with Gasteiger partial charge in [-0.25, -0.2) is 0 Å². The fourth-order valence-electron chi connectivity index (χ4n) is 5.09. The Hall–Kier alpha value is -0.240. The highest BCUT2D eigenvalue weighted by atomic mass is 16.5. The van der Waals surface area contributed by atoms with Crippen molar-refractivity contribution in [1.82, 2.24) is 0 Å². The molecular weight excluding hydrogens is 492 g/mol. The van der Waals surface area contributed by atoms with Gasteiger partial charge in [-0.1, -0.05) is 34.1 Å². The van der Waals surface area contributed by atoms with E-state index >= 15 is 0 Å². The zero-order valence-electron chi connectivity index (χ0n) is 28.7. The summed E-state index contributed by atoms with van der Waals surface area (Å²) in [5, 5.41) is 31.3. The maximum Gasteiger partial charge on any atom is 0.0639 e. The van der Waals surface area contributed by atoms with Gasteiger partial charge in [0.15, 0.2) is 0 Å². The topological polar surface area (TPSA) is 88.4 Å². The Labute approximate surface area is 242 Å². The molecule has 0 aromatic rings. The zero-order chi connectivity index (χ0) is 31.3. The first kappa shape index (κ1) is 38.8. The predicted molar refractivity (Wildman–Crippen MR) is 163 cm³/mol. The first-order valence-electron chi connectivity index (χ1n) is 15.2. The first-order chi connectivity index (χ1) is 17.1. The summed E-state index contributed by atoms with van der Waals surface area (Å²) in [5.74, 6) is -0.00279. The van der Waals surface area contributed by atoms with E-state index in [1.54, 1.807) is 0 Å². The van der Waals surface area contributed by atoms with Crippen molar-refractivity contribution < 1.29 is 29.5 Å². The van der Waals surface area contributed by atoms with Crippen molar-refractivity contribution in [2.75, 3.05) is 19.8 Å². The molecule has 0 fully saturated rings. The van der Waals surface area contributed by atoms with Crippen LogP contribution in [0.5, 0.6) is 0 Å². The van der Waals surface area contributed by atoms with E-state index in [9.17, 15) is 15.3 Å². The van der Waals surface area contributed by atoms with Crippen LogP contribution in [-0.4, -0.2) is 68.7 Å². The second kappa shape index (κ2) is 13.8. The fourth-order valence-corrected chi connectivity index (χ4v) is 5.09. The summed E-state index contributed by atoms with van der Waals surface area (Å²) in [6, 6.07) is 0. The second-order valence-corrected chi connectivity index (χ2v) is 16.3. The smallest absolute Gasteiger partial charge is 0.0639 e. The highest BCUT2D eigenvalue weighted by molar-refractivity contribution is 4.95. The third kappa shape index (κ3) is 15.0. The maximum atomic E-state index is 10.4. The Balaban J connectivity index is 6.05. The van der Waals surface area contributed by atoms with Gasteiger partial charge in [-0.15, -0.1) is 0 Å². The molecule has 6 heteroatoms. The Morgan fingerprint density at radius 2 is 0.667 bits per heavy atom. The third-order valence-corrected chi connectivity index (χ3v) is 8.94. The molecule has 39 heavy (non-hydrogen) atoms. The molecule has 0 aromatic heterocycles. The van der Waals surface area contributed by atoms with E-state index < -0.39 is 33.6 Å². The van der Waals surface area contributed by atoms with Gasteiger partial charge in [0, 0.05) is 17.8 Å². The van der Waals surface area contributed by atoms with Crippen molar-refractivity contribution in [2.45, 2.75) is 170 Å². The van der Waals surface area contributed by atoms with E-state index in [0.29, 0.717) is 19.8 Å².